The van der Waals surface area contributed by atoms with Gasteiger partial charge in [-0.1, -0.05) is 23.2 Å². The van der Waals surface area contributed by atoms with Gasteiger partial charge in [-0.15, -0.1) is 0 Å². The SMILES string of the molecule is C/C(O)=C(\C#N)C(=O)c1cc(Cl)ccc1Cl. The topological polar surface area (TPSA) is 61.1 Å². The first kappa shape index (κ1) is 12.6. The zero-order valence-corrected chi connectivity index (χ0v) is 9.80. The molecule has 0 spiro atoms. The third-order valence-corrected chi connectivity index (χ3v) is 2.44. The van der Waals surface area contributed by atoms with Crippen LogP contribution in [0.2, 0.25) is 10.0 Å². The van der Waals surface area contributed by atoms with E-state index < -0.39 is 5.78 Å². The second-order valence-corrected chi connectivity index (χ2v) is 3.87. The van der Waals surface area contributed by atoms with Gasteiger partial charge in [0.1, 0.15) is 17.4 Å². The molecule has 1 aromatic carbocycles. The first-order chi connectivity index (χ1) is 7.47. The predicted molar refractivity (Wildman–Crippen MR) is 61.7 cm³/mol. The number of benzene rings is 1. The zero-order valence-electron chi connectivity index (χ0n) is 8.29. The fourth-order valence-electron chi connectivity index (χ4n) is 1.10. The Morgan fingerprint density at radius 1 is 1.44 bits per heavy atom. The molecule has 0 saturated carbocycles. The summed E-state index contributed by atoms with van der Waals surface area (Å²) in [5, 5.41) is 18.4. The minimum Gasteiger partial charge on any atom is -0.511 e. The van der Waals surface area contributed by atoms with Crippen LogP contribution in [0.4, 0.5) is 0 Å². The summed E-state index contributed by atoms with van der Waals surface area (Å²) in [6.45, 7) is 1.26. The molecule has 82 valence electrons. The van der Waals surface area contributed by atoms with Gasteiger partial charge in [0.15, 0.2) is 0 Å². The largest absolute Gasteiger partial charge is 0.511 e. The highest BCUT2D eigenvalue weighted by molar-refractivity contribution is 6.37. The van der Waals surface area contributed by atoms with Gasteiger partial charge >= 0.3 is 0 Å². The van der Waals surface area contributed by atoms with Crippen LogP contribution in [0.25, 0.3) is 0 Å². The van der Waals surface area contributed by atoms with E-state index in [1.165, 1.54) is 25.1 Å². The number of nitriles is 1. The Balaban J connectivity index is 3.31. The van der Waals surface area contributed by atoms with Crippen LogP contribution >= 0.6 is 23.2 Å². The summed E-state index contributed by atoms with van der Waals surface area (Å²) in [7, 11) is 0. The average Bonchev–Trinajstić information content (AvgIpc) is 2.22. The number of nitrogens with zero attached hydrogens (tertiary/aromatic N) is 1. The second-order valence-electron chi connectivity index (χ2n) is 3.03. The average molecular weight is 256 g/mol. The van der Waals surface area contributed by atoms with E-state index in [4.69, 9.17) is 33.6 Å². The maximum atomic E-state index is 11.8. The van der Waals surface area contributed by atoms with Crippen molar-refractivity contribution in [1.82, 2.24) is 0 Å². The fraction of sp³-hybridized carbons (Fsp3) is 0.0909. The van der Waals surface area contributed by atoms with Gasteiger partial charge in [0.25, 0.3) is 0 Å². The lowest BCUT2D eigenvalue weighted by Gasteiger charge is -2.03. The zero-order chi connectivity index (χ0) is 12.3. The number of Topliss-reactive ketones (excluding diaryl/α,β-unsaturated/α-hetero) is 1. The van der Waals surface area contributed by atoms with Gasteiger partial charge in [-0.2, -0.15) is 5.26 Å². The summed E-state index contributed by atoms with van der Waals surface area (Å²) >= 11 is 11.5. The highest BCUT2D eigenvalue weighted by Crippen LogP contribution is 2.23. The molecule has 3 nitrogen and oxygen atoms in total. The van der Waals surface area contributed by atoms with Gasteiger partial charge < -0.3 is 5.11 Å². The smallest absolute Gasteiger partial charge is 0.208 e. The molecule has 0 aliphatic carbocycles. The number of aliphatic hydroxyl groups excluding tert-OH is 1. The van der Waals surface area contributed by atoms with E-state index in [0.29, 0.717) is 5.02 Å². The molecule has 0 amide bonds. The third kappa shape index (κ3) is 2.54. The van der Waals surface area contributed by atoms with Crippen molar-refractivity contribution in [2.75, 3.05) is 0 Å². The number of halogens is 2. The van der Waals surface area contributed by atoms with E-state index in [-0.39, 0.29) is 21.9 Å². The van der Waals surface area contributed by atoms with Crippen LogP contribution < -0.4 is 0 Å². The summed E-state index contributed by atoms with van der Waals surface area (Å²) in [6, 6.07) is 5.97. The summed E-state index contributed by atoms with van der Waals surface area (Å²) in [5.41, 5.74) is -0.247. The molecule has 0 unspecified atom stereocenters. The Bertz CT molecular complexity index is 511. The number of carbonyl (C=O) groups is 1. The molecule has 0 heterocycles. The number of hydrogen-bond acceptors (Lipinski definition) is 3. The first-order valence-corrected chi connectivity index (χ1v) is 5.02. The molecule has 0 saturated heterocycles. The first-order valence-electron chi connectivity index (χ1n) is 4.27. The molecule has 1 N–H and O–H groups in total. The lowest BCUT2D eigenvalue weighted by atomic mass is 10.0. The van der Waals surface area contributed by atoms with E-state index in [1.54, 1.807) is 6.07 Å². The number of rotatable bonds is 2. The number of allylic oxidation sites excluding steroid dienone is 2. The van der Waals surface area contributed by atoms with Gasteiger partial charge in [-0.05, 0) is 25.1 Å². The Labute approximate surface area is 103 Å². The predicted octanol–water partition coefficient (Wildman–Crippen LogP) is 3.53. The van der Waals surface area contributed by atoms with Gasteiger partial charge in [-0.25, -0.2) is 0 Å². The van der Waals surface area contributed by atoms with Crippen molar-refractivity contribution in [2.24, 2.45) is 0 Å². The molecule has 0 atom stereocenters. The van der Waals surface area contributed by atoms with E-state index in [1.807, 2.05) is 0 Å². The van der Waals surface area contributed by atoms with Crippen LogP contribution in [0, 0.1) is 11.3 Å². The summed E-state index contributed by atoms with van der Waals surface area (Å²) in [6.07, 6.45) is 0. The van der Waals surface area contributed by atoms with Crippen LogP contribution in [-0.4, -0.2) is 10.9 Å². The van der Waals surface area contributed by atoms with E-state index in [0.717, 1.165) is 0 Å². The van der Waals surface area contributed by atoms with Crippen LogP contribution in [0.3, 0.4) is 0 Å². The monoisotopic (exact) mass is 255 g/mol. The van der Waals surface area contributed by atoms with Crippen molar-refractivity contribution >= 4 is 29.0 Å². The van der Waals surface area contributed by atoms with Crippen molar-refractivity contribution in [2.45, 2.75) is 6.92 Å². The second kappa shape index (κ2) is 5.02. The molecule has 0 aliphatic rings. The van der Waals surface area contributed by atoms with Crippen molar-refractivity contribution in [3.8, 4) is 6.07 Å². The fourth-order valence-corrected chi connectivity index (χ4v) is 1.48. The molecule has 0 aromatic heterocycles. The molecule has 0 aliphatic heterocycles. The number of carbonyl (C=O) groups excluding carboxylic acids is 1. The number of aliphatic hydroxyl groups is 1. The maximum absolute atomic E-state index is 11.8. The molecule has 0 bridgehead atoms. The standard InChI is InChI=1S/C11H7Cl2NO2/c1-6(15)9(5-14)11(16)8-4-7(12)2-3-10(8)13/h2-4,15H,1H3/b9-6-. The van der Waals surface area contributed by atoms with Gasteiger partial charge in [0.2, 0.25) is 5.78 Å². The minimum atomic E-state index is -0.644. The van der Waals surface area contributed by atoms with E-state index in [2.05, 4.69) is 0 Å². The Hall–Kier alpha value is -1.50. The maximum Gasteiger partial charge on any atom is 0.208 e. The Kier molecular flexibility index (Phi) is 3.94. The normalized spacial score (nSPS) is 11.6. The lowest BCUT2D eigenvalue weighted by Crippen LogP contribution is -2.05. The van der Waals surface area contributed by atoms with Gasteiger partial charge in [-0.3, -0.25) is 4.79 Å². The van der Waals surface area contributed by atoms with E-state index >= 15 is 0 Å². The quantitative estimate of drug-likeness (QED) is 0.381. The highest BCUT2D eigenvalue weighted by Gasteiger charge is 2.18. The summed E-state index contributed by atoms with van der Waals surface area (Å²) in [4.78, 5) is 11.8. The Morgan fingerprint density at radius 2 is 2.06 bits per heavy atom. The van der Waals surface area contributed by atoms with Crippen molar-refractivity contribution in [1.29, 1.82) is 5.26 Å². The minimum absolute atomic E-state index is 0.0964. The molecular weight excluding hydrogens is 249 g/mol. The summed E-state index contributed by atoms with van der Waals surface area (Å²) < 4.78 is 0. The molecule has 0 fully saturated rings. The Morgan fingerprint density at radius 3 is 2.56 bits per heavy atom. The molecule has 1 rings (SSSR count). The third-order valence-electron chi connectivity index (χ3n) is 1.87. The summed E-state index contributed by atoms with van der Waals surface area (Å²) in [5.74, 6) is -0.987. The van der Waals surface area contributed by atoms with Crippen molar-refractivity contribution < 1.29 is 9.90 Å². The van der Waals surface area contributed by atoms with Gasteiger partial charge in [0, 0.05) is 10.6 Å². The van der Waals surface area contributed by atoms with Crippen molar-refractivity contribution in [3.63, 3.8) is 0 Å². The number of ketones is 1. The van der Waals surface area contributed by atoms with Crippen LogP contribution in [0.15, 0.2) is 29.5 Å². The molecule has 5 heteroatoms. The molecule has 16 heavy (non-hydrogen) atoms. The van der Waals surface area contributed by atoms with Gasteiger partial charge in [0.05, 0.1) is 5.02 Å². The van der Waals surface area contributed by atoms with Crippen LogP contribution in [0.5, 0.6) is 0 Å². The van der Waals surface area contributed by atoms with Crippen LogP contribution in [-0.2, 0) is 0 Å². The van der Waals surface area contributed by atoms with Crippen molar-refractivity contribution in [3.05, 3.63) is 45.1 Å². The van der Waals surface area contributed by atoms with Crippen LogP contribution in [0.1, 0.15) is 17.3 Å². The molecule has 0 radical (unpaired) electrons. The molecule has 1 aromatic rings. The molecular formula is C11H7Cl2NO2. The highest BCUT2D eigenvalue weighted by atomic mass is 35.5. The van der Waals surface area contributed by atoms with E-state index in [9.17, 15) is 4.79 Å². The number of hydrogen-bond donors (Lipinski definition) is 1. The lowest BCUT2D eigenvalue weighted by molar-refractivity contribution is 0.103.